The van der Waals surface area contributed by atoms with Crippen LogP contribution in [0.2, 0.25) is 0 Å². The Labute approximate surface area is 159 Å². The number of hydrogen-bond acceptors (Lipinski definition) is 4. The van der Waals surface area contributed by atoms with E-state index in [0.717, 1.165) is 44.3 Å². The van der Waals surface area contributed by atoms with Gasteiger partial charge in [0.05, 0.1) is 23.8 Å². The van der Waals surface area contributed by atoms with Crippen molar-refractivity contribution in [2.75, 3.05) is 19.6 Å². The lowest BCUT2D eigenvalue weighted by molar-refractivity contribution is -0.138. The predicted molar refractivity (Wildman–Crippen MR) is 99.0 cm³/mol. The second-order valence-corrected chi connectivity index (χ2v) is 8.78. The summed E-state index contributed by atoms with van der Waals surface area (Å²) in [6.07, 6.45) is 8.88. The van der Waals surface area contributed by atoms with Crippen LogP contribution in [0.3, 0.4) is 0 Å². The van der Waals surface area contributed by atoms with Gasteiger partial charge in [0.15, 0.2) is 0 Å². The molecule has 4 heterocycles. The van der Waals surface area contributed by atoms with E-state index >= 15 is 0 Å². The summed E-state index contributed by atoms with van der Waals surface area (Å²) in [6.45, 7) is 4.07. The molecular formula is C21H27N3O3. The lowest BCUT2D eigenvalue weighted by Crippen LogP contribution is -2.42. The van der Waals surface area contributed by atoms with E-state index in [1.165, 1.54) is 6.42 Å². The number of aromatic nitrogens is 1. The van der Waals surface area contributed by atoms with Crippen LogP contribution in [0.15, 0.2) is 18.5 Å². The maximum Gasteiger partial charge on any atom is 0.253 e. The smallest absolute Gasteiger partial charge is 0.253 e. The SMILES string of the molecule is Cc1ccncc1C(=O)NC[C@H]1[C@H]2CN(C(=O)C3CCC3)C[C@]23CC[C@H]1O3. The van der Waals surface area contributed by atoms with Gasteiger partial charge in [-0.25, -0.2) is 0 Å². The van der Waals surface area contributed by atoms with Crippen LogP contribution in [-0.2, 0) is 9.53 Å². The summed E-state index contributed by atoms with van der Waals surface area (Å²) in [7, 11) is 0. The minimum absolute atomic E-state index is 0.0715. The van der Waals surface area contributed by atoms with Crippen molar-refractivity contribution in [1.29, 1.82) is 0 Å². The van der Waals surface area contributed by atoms with E-state index in [0.29, 0.717) is 29.9 Å². The molecule has 6 nitrogen and oxygen atoms in total. The molecule has 2 bridgehead atoms. The molecule has 4 atom stereocenters. The number of rotatable bonds is 4. The molecule has 27 heavy (non-hydrogen) atoms. The monoisotopic (exact) mass is 369 g/mol. The minimum atomic E-state index is -0.163. The average Bonchev–Trinajstić information content (AvgIpc) is 3.26. The fourth-order valence-corrected chi connectivity index (χ4v) is 5.55. The van der Waals surface area contributed by atoms with Crippen LogP contribution in [0, 0.1) is 24.7 Å². The Morgan fingerprint density at radius 3 is 2.96 bits per heavy atom. The third kappa shape index (κ3) is 2.68. The van der Waals surface area contributed by atoms with Gasteiger partial charge in [-0.2, -0.15) is 0 Å². The maximum atomic E-state index is 12.7. The van der Waals surface area contributed by atoms with Crippen LogP contribution in [-0.4, -0.2) is 53.0 Å². The first-order valence-electron chi connectivity index (χ1n) is 10.2. The topological polar surface area (TPSA) is 71.5 Å². The van der Waals surface area contributed by atoms with Crippen LogP contribution in [0.5, 0.6) is 0 Å². The van der Waals surface area contributed by atoms with Crippen molar-refractivity contribution in [1.82, 2.24) is 15.2 Å². The first kappa shape index (κ1) is 17.2. The van der Waals surface area contributed by atoms with Crippen molar-refractivity contribution in [2.45, 2.75) is 50.7 Å². The second kappa shape index (κ2) is 6.30. The van der Waals surface area contributed by atoms with Crippen molar-refractivity contribution in [2.24, 2.45) is 17.8 Å². The molecule has 1 aromatic heterocycles. The van der Waals surface area contributed by atoms with Gasteiger partial charge in [-0.05, 0) is 44.2 Å². The van der Waals surface area contributed by atoms with Gasteiger partial charge in [0, 0.05) is 43.2 Å². The van der Waals surface area contributed by atoms with Gasteiger partial charge in [-0.3, -0.25) is 14.6 Å². The Bertz CT molecular complexity index is 778. The van der Waals surface area contributed by atoms with Crippen LogP contribution in [0.25, 0.3) is 0 Å². The Kier molecular flexibility index (Phi) is 4.00. The van der Waals surface area contributed by atoms with Crippen molar-refractivity contribution >= 4 is 11.8 Å². The molecule has 3 saturated heterocycles. The Balaban J connectivity index is 1.26. The molecule has 5 rings (SSSR count). The molecule has 1 saturated carbocycles. The predicted octanol–water partition coefficient (Wildman–Crippen LogP) is 1.93. The molecule has 1 N–H and O–H groups in total. The molecule has 0 aromatic carbocycles. The van der Waals surface area contributed by atoms with Gasteiger partial charge in [-0.1, -0.05) is 6.42 Å². The van der Waals surface area contributed by atoms with Crippen LogP contribution < -0.4 is 5.32 Å². The molecule has 1 aliphatic carbocycles. The van der Waals surface area contributed by atoms with E-state index in [2.05, 4.69) is 15.2 Å². The van der Waals surface area contributed by atoms with E-state index in [-0.39, 0.29) is 23.5 Å². The lowest BCUT2D eigenvalue weighted by atomic mass is 9.73. The number of fused-ring (bicyclic) bond motifs is 1. The fraction of sp³-hybridized carbons (Fsp3) is 0.667. The third-order valence-corrected chi connectivity index (χ3v) is 7.33. The number of hydrogen-bond donors (Lipinski definition) is 1. The van der Waals surface area contributed by atoms with E-state index in [4.69, 9.17) is 4.74 Å². The van der Waals surface area contributed by atoms with Crippen LogP contribution in [0.1, 0.15) is 48.0 Å². The zero-order valence-electron chi connectivity index (χ0n) is 15.8. The maximum absolute atomic E-state index is 12.7. The summed E-state index contributed by atoms with van der Waals surface area (Å²) in [4.78, 5) is 31.4. The number of amides is 2. The molecule has 1 spiro atoms. The Morgan fingerprint density at radius 1 is 1.37 bits per heavy atom. The molecule has 1 aromatic rings. The molecule has 0 unspecified atom stereocenters. The summed E-state index contributed by atoms with van der Waals surface area (Å²) in [5.74, 6) is 1.13. The lowest BCUT2D eigenvalue weighted by Gasteiger charge is -2.30. The molecule has 144 valence electrons. The summed E-state index contributed by atoms with van der Waals surface area (Å²) < 4.78 is 6.41. The number of pyridine rings is 1. The fourth-order valence-electron chi connectivity index (χ4n) is 5.55. The van der Waals surface area contributed by atoms with E-state index in [9.17, 15) is 9.59 Å². The zero-order valence-corrected chi connectivity index (χ0v) is 15.8. The van der Waals surface area contributed by atoms with Gasteiger partial charge in [0.25, 0.3) is 5.91 Å². The zero-order chi connectivity index (χ0) is 18.6. The molecule has 2 amide bonds. The van der Waals surface area contributed by atoms with Crippen molar-refractivity contribution in [3.63, 3.8) is 0 Å². The number of likely N-dealkylation sites (tertiary alicyclic amines) is 1. The summed E-state index contributed by atoms with van der Waals surface area (Å²) in [6, 6.07) is 1.85. The number of ether oxygens (including phenoxy) is 1. The highest BCUT2D eigenvalue weighted by atomic mass is 16.5. The number of carbonyl (C=O) groups is 2. The van der Waals surface area contributed by atoms with Crippen molar-refractivity contribution in [3.8, 4) is 0 Å². The summed E-state index contributed by atoms with van der Waals surface area (Å²) in [5, 5.41) is 3.10. The third-order valence-electron chi connectivity index (χ3n) is 7.33. The quantitative estimate of drug-likeness (QED) is 0.880. The van der Waals surface area contributed by atoms with Gasteiger partial charge in [0.2, 0.25) is 5.91 Å². The molecule has 3 aliphatic heterocycles. The van der Waals surface area contributed by atoms with Gasteiger partial charge < -0.3 is 15.0 Å². The molecule has 6 heteroatoms. The first-order chi connectivity index (χ1) is 13.1. The average molecular weight is 369 g/mol. The number of carbonyl (C=O) groups excluding carboxylic acids is 2. The van der Waals surface area contributed by atoms with Crippen LogP contribution >= 0.6 is 0 Å². The van der Waals surface area contributed by atoms with Crippen molar-refractivity contribution < 1.29 is 14.3 Å². The molecule has 4 fully saturated rings. The van der Waals surface area contributed by atoms with Gasteiger partial charge >= 0.3 is 0 Å². The summed E-state index contributed by atoms with van der Waals surface area (Å²) >= 11 is 0. The Morgan fingerprint density at radius 2 is 2.22 bits per heavy atom. The minimum Gasteiger partial charge on any atom is -0.369 e. The van der Waals surface area contributed by atoms with E-state index in [1.807, 2.05) is 13.0 Å². The van der Waals surface area contributed by atoms with E-state index in [1.54, 1.807) is 12.4 Å². The summed E-state index contributed by atoms with van der Waals surface area (Å²) in [5.41, 5.74) is 1.40. The first-order valence-corrected chi connectivity index (χ1v) is 10.2. The molecule has 0 radical (unpaired) electrons. The Hall–Kier alpha value is -1.95. The van der Waals surface area contributed by atoms with Gasteiger partial charge in [-0.15, -0.1) is 0 Å². The highest BCUT2D eigenvalue weighted by Gasteiger charge is 2.63. The van der Waals surface area contributed by atoms with Crippen molar-refractivity contribution in [3.05, 3.63) is 29.6 Å². The highest BCUT2D eigenvalue weighted by Crippen LogP contribution is 2.55. The number of aryl methyl sites for hydroxylation is 1. The second-order valence-electron chi connectivity index (χ2n) is 8.78. The van der Waals surface area contributed by atoms with E-state index < -0.39 is 0 Å². The largest absolute Gasteiger partial charge is 0.369 e. The highest BCUT2D eigenvalue weighted by molar-refractivity contribution is 5.95. The standard InChI is InChI=1S/C21H27N3O3/c1-13-6-8-22-9-15(13)19(25)23-10-16-17-11-24(20(26)14-3-2-4-14)12-21(17)7-5-18(16)27-21/h6,8-9,14,16-18H,2-5,7,10-12H2,1H3,(H,23,25)/t16-,17+,18+,21+/m0/s1. The molecular weight excluding hydrogens is 342 g/mol. The number of nitrogens with one attached hydrogen (secondary N) is 1. The van der Waals surface area contributed by atoms with Crippen LogP contribution in [0.4, 0.5) is 0 Å². The normalized spacial score (nSPS) is 34.4. The van der Waals surface area contributed by atoms with Gasteiger partial charge in [0.1, 0.15) is 0 Å². The molecule has 4 aliphatic rings. The number of nitrogens with zero attached hydrogens (tertiary/aromatic N) is 2.